The summed E-state index contributed by atoms with van der Waals surface area (Å²) in [7, 11) is 0. The van der Waals surface area contributed by atoms with Crippen LogP contribution in [0.4, 0.5) is 0 Å². The molecule has 0 spiro atoms. The van der Waals surface area contributed by atoms with Crippen LogP contribution in [0.15, 0.2) is 34.9 Å². The molecule has 1 aromatic carbocycles. The standard InChI is InChI=1S/C14H18N2O/c1-11-8-16(7-6-15-11)9-12-10-17-14-5-3-2-4-13(12)14/h2-5,10-11,15H,6-9H2,1H3. The van der Waals surface area contributed by atoms with Crippen LogP contribution in [0.2, 0.25) is 0 Å². The summed E-state index contributed by atoms with van der Waals surface area (Å²) in [4.78, 5) is 2.48. The lowest BCUT2D eigenvalue weighted by atomic mass is 10.1. The van der Waals surface area contributed by atoms with E-state index in [9.17, 15) is 0 Å². The number of furan rings is 1. The number of rotatable bonds is 2. The van der Waals surface area contributed by atoms with E-state index in [4.69, 9.17) is 4.42 Å². The Labute approximate surface area is 101 Å². The second-order valence-electron chi connectivity index (χ2n) is 4.85. The van der Waals surface area contributed by atoms with E-state index in [1.165, 1.54) is 10.9 Å². The Balaban J connectivity index is 1.80. The fourth-order valence-electron chi connectivity index (χ4n) is 2.55. The van der Waals surface area contributed by atoms with Crippen LogP contribution in [-0.2, 0) is 6.54 Å². The molecule has 3 nitrogen and oxygen atoms in total. The van der Waals surface area contributed by atoms with Gasteiger partial charge in [-0.15, -0.1) is 0 Å². The van der Waals surface area contributed by atoms with Gasteiger partial charge in [0, 0.05) is 43.2 Å². The smallest absolute Gasteiger partial charge is 0.134 e. The lowest BCUT2D eigenvalue weighted by Gasteiger charge is -2.31. The number of hydrogen-bond acceptors (Lipinski definition) is 3. The third-order valence-corrected chi connectivity index (χ3v) is 3.41. The molecule has 1 atom stereocenters. The molecule has 1 aliphatic rings. The molecule has 1 unspecified atom stereocenters. The molecule has 1 aromatic heterocycles. The Bertz CT molecular complexity index is 506. The highest BCUT2D eigenvalue weighted by molar-refractivity contribution is 5.80. The van der Waals surface area contributed by atoms with Crippen molar-refractivity contribution in [1.82, 2.24) is 10.2 Å². The normalized spacial score (nSPS) is 22.1. The minimum absolute atomic E-state index is 0.585. The van der Waals surface area contributed by atoms with E-state index in [1.54, 1.807) is 0 Å². The van der Waals surface area contributed by atoms with E-state index < -0.39 is 0 Å². The van der Waals surface area contributed by atoms with Gasteiger partial charge in [-0.3, -0.25) is 4.90 Å². The topological polar surface area (TPSA) is 28.4 Å². The molecule has 3 heteroatoms. The fraction of sp³-hybridized carbons (Fsp3) is 0.429. The first-order valence-electron chi connectivity index (χ1n) is 6.24. The van der Waals surface area contributed by atoms with E-state index in [0.29, 0.717) is 6.04 Å². The predicted molar refractivity (Wildman–Crippen MR) is 69.0 cm³/mol. The first-order chi connectivity index (χ1) is 8.33. The predicted octanol–water partition coefficient (Wildman–Crippen LogP) is 2.23. The molecular formula is C14H18N2O. The van der Waals surface area contributed by atoms with Crippen molar-refractivity contribution in [2.24, 2.45) is 0 Å². The molecule has 0 saturated carbocycles. The van der Waals surface area contributed by atoms with Crippen LogP contribution in [0.3, 0.4) is 0 Å². The van der Waals surface area contributed by atoms with Gasteiger partial charge in [0.05, 0.1) is 6.26 Å². The van der Waals surface area contributed by atoms with Crippen LogP contribution >= 0.6 is 0 Å². The number of nitrogens with one attached hydrogen (secondary N) is 1. The summed E-state index contributed by atoms with van der Waals surface area (Å²) in [6.07, 6.45) is 1.90. The molecule has 0 radical (unpaired) electrons. The first kappa shape index (κ1) is 10.8. The summed E-state index contributed by atoms with van der Waals surface area (Å²) >= 11 is 0. The first-order valence-corrected chi connectivity index (χ1v) is 6.24. The van der Waals surface area contributed by atoms with Crippen molar-refractivity contribution in [3.63, 3.8) is 0 Å². The summed E-state index contributed by atoms with van der Waals surface area (Å²) in [6, 6.07) is 8.84. The second kappa shape index (κ2) is 4.51. The largest absolute Gasteiger partial charge is 0.464 e. The number of piperazine rings is 1. The van der Waals surface area contributed by atoms with Gasteiger partial charge in [0.1, 0.15) is 5.58 Å². The van der Waals surface area contributed by atoms with Gasteiger partial charge >= 0.3 is 0 Å². The zero-order valence-corrected chi connectivity index (χ0v) is 10.1. The van der Waals surface area contributed by atoms with E-state index in [0.717, 1.165) is 31.8 Å². The maximum Gasteiger partial charge on any atom is 0.134 e. The SMILES string of the molecule is CC1CN(Cc2coc3ccccc23)CCN1. The number of benzene rings is 1. The Morgan fingerprint density at radius 2 is 2.29 bits per heavy atom. The lowest BCUT2D eigenvalue weighted by Crippen LogP contribution is -2.48. The van der Waals surface area contributed by atoms with Crippen molar-refractivity contribution < 1.29 is 4.42 Å². The van der Waals surface area contributed by atoms with Gasteiger partial charge in [0.15, 0.2) is 0 Å². The minimum Gasteiger partial charge on any atom is -0.464 e. The third kappa shape index (κ3) is 2.21. The summed E-state index contributed by atoms with van der Waals surface area (Å²) in [5.41, 5.74) is 2.29. The highest BCUT2D eigenvalue weighted by Crippen LogP contribution is 2.22. The van der Waals surface area contributed by atoms with Gasteiger partial charge in [-0.05, 0) is 13.0 Å². The van der Waals surface area contributed by atoms with Crippen molar-refractivity contribution >= 4 is 11.0 Å². The van der Waals surface area contributed by atoms with E-state index in [-0.39, 0.29) is 0 Å². The van der Waals surface area contributed by atoms with Crippen molar-refractivity contribution in [2.45, 2.75) is 19.5 Å². The molecular weight excluding hydrogens is 212 g/mol. The van der Waals surface area contributed by atoms with Gasteiger partial charge < -0.3 is 9.73 Å². The summed E-state index contributed by atoms with van der Waals surface area (Å²) in [5, 5.41) is 4.71. The summed E-state index contributed by atoms with van der Waals surface area (Å²) in [5.74, 6) is 0. The molecule has 2 aromatic rings. The van der Waals surface area contributed by atoms with E-state index in [2.05, 4.69) is 29.3 Å². The Kier molecular flexibility index (Phi) is 2.87. The lowest BCUT2D eigenvalue weighted by molar-refractivity contribution is 0.200. The Hall–Kier alpha value is -1.32. The molecule has 1 aliphatic heterocycles. The van der Waals surface area contributed by atoms with Gasteiger partial charge in [-0.2, -0.15) is 0 Å². The van der Waals surface area contributed by atoms with Gasteiger partial charge in [0.25, 0.3) is 0 Å². The van der Waals surface area contributed by atoms with Crippen LogP contribution in [0.1, 0.15) is 12.5 Å². The number of nitrogens with zero attached hydrogens (tertiary/aromatic N) is 1. The molecule has 17 heavy (non-hydrogen) atoms. The van der Waals surface area contributed by atoms with Crippen LogP contribution in [0.5, 0.6) is 0 Å². The molecule has 3 rings (SSSR count). The highest BCUT2D eigenvalue weighted by Gasteiger charge is 2.17. The molecule has 1 saturated heterocycles. The average molecular weight is 230 g/mol. The van der Waals surface area contributed by atoms with Crippen LogP contribution in [-0.4, -0.2) is 30.6 Å². The fourth-order valence-corrected chi connectivity index (χ4v) is 2.55. The Morgan fingerprint density at radius 3 is 3.18 bits per heavy atom. The van der Waals surface area contributed by atoms with Crippen molar-refractivity contribution in [1.29, 1.82) is 0 Å². The van der Waals surface area contributed by atoms with Gasteiger partial charge in [-0.25, -0.2) is 0 Å². The quantitative estimate of drug-likeness (QED) is 0.857. The molecule has 0 aliphatic carbocycles. The third-order valence-electron chi connectivity index (χ3n) is 3.41. The molecule has 2 heterocycles. The second-order valence-corrected chi connectivity index (χ2v) is 4.85. The van der Waals surface area contributed by atoms with Crippen LogP contribution in [0.25, 0.3) is 11.0 Å². The number of fused-ring (bicyclic) bond motifs is 1. The molecule has 1 N–H and O–H groups in total. The minimum atomic E-state index is 0.585. The zero-order valence-electron chi connectivity index (χ0n) is 10.1. The van der Waals surface area contributed by atoms with Crippen molar-refractivity contribution in [2.75, 3.05) is 19.6 Å². The van der Waals surface area contributed by atoms with E-state index >= 15 is 0 Å². The zero-order chi connectivity index (χ0) is 11.7. The maximum absolute atomic E-state index is 5.58. The maximum atomic E-state index is 5.58. The summed E-state index contributed by atoms with van der Waals surface area (Å²) < 4.78 is 5.58. The Morgan fingerprint density at radius 1 is 1.41 bits per heavy atom. The number of para-hydroxylation sites is 1. The molecule has 90 valence electrons. The van der Waals surface area contributed by atoms with Crippen LogP contribution < -0.4 is 5.32 Å². The van der Waals surface area contributed by atoms with E-state index in [1.807, 2.05) is 18.4 Å². The number of hydrogen-bond donors (Lipinski definition) is 1. The van der Waals surface area contributed by atoms with Crippen LogP contribution in [0, 0.1) is 0 Å². The van der Waals surface area contributed by atoms with Crippen molar-refractivity contribution in [3.05, 3.63) is 36.1 Å². The average Bonchev–Trinajstić information content (AvgIpc) is 2.73. The van der Waals surface area contributed by atoms with Gasteiger partial charge in [-0.1, -0.05) is 18.2 Å². The molecule has 0 bridgehead atoms. The summed E-state index contributed by atoms with van der Waals surface area (Å²) in [6.45, 7) is 6.53. The monoisotopic (exact) mass is 230 g/mol. The van der Waals surface area contributed by atoms with Gasteiger partial charge in [0.2, 0.25) is 0 Å². The van der Waals surface area contributed by atoms with Crippen molar-refractivity contribution in [3.8, 4) is 0 Å². The molecule has 0 amide bonds. The highest BCUT2D eigenvalue weighted by atomic mass is 16.3. The molecule has 1 fully saturated rings.